The SMILES string of the molecule is COc1ccc(NS(C)(=O)=O)cc1Br.COc1ccc(NS(C)(=O)=O)cc1C1CC(c2ccc(Cl)cc2)C1.COc1ccc(NS(C)(=O)=O)cc1C1CC(c2ccc(Cl)cc2)C1.Clc1ccc(C2CC(Br)C2)cc1.O=C(O)C1CC(c2ccc(Cl)cc2)C1. The number of aliphatic carboxylic acids is 1. The Bertz CT molecular complexity index is 3670. The molecule has 7 aromatic rings. The van der Waals surface area contributed by atoms with Crippen molar-refractivity contribution >= 4 is 131 Å². The first kappa shape index (κ1) is 70.2. The molecule has 0 aromatic heterocycles. The summed E-state index contributed by atoms with van der Waals surface area (Å²) >= 11 is 30.3. The number of sulfonamides is 3. The highest BCUT2D eigenvalue weighted by molar-refractivity contribution is 9.10. The van der Waals surface area contributed by atoms with Gasteiger partial charge in [-0.15, -0.1) is 0 Å². The molecule has 0 unspecified atom stereocenters. The lowest BCUT2D eigenvalue weighted by Crippen LogP contribution is -2.28. The molecule has 88 heavy (non-hydrogen) atoms. The van der Waals surface area contributed by atoms with E-state index in [1.807, 2.05) is 84.9 Å². The number of hydrogen-bond acceptors (Lipinski definition) is 10. The summed E-state index contributed by atoms with van der Waals surface area (Å²) in [5, 5.41) is 11.8. The molecular weight excluding hydrogens is 1400 g/mol. The lowest BCUT2D eigenvalue weighted by Gasteiger charge is -2.37. The third-order valence-corrected chi connectivity index (χ3v) is 19.8. The minimum absolute atomic E-state index is 0.143. The maximum atomic E-state index is 11.4. The minimum Gasteiger partial charge on any atom is -0.496 e. The van der Waals surface area contributed by atoms with Gasteiger partial charge in [0.25, 0.3) is 0 Å². The maximum absolute atomic E-state index is 11.4. The van der Waals surface area contributed by atoms with Crippen LogP contribution in [0.1, 0.15) is 120 Å². The van der Waals surface area contributed by atoms with Gasteiger partial charge < -0.3 is 19.3 Å². The van der Waals surface area contributed by atoms with Crippen molar-refractivity contribution < 1.29 is 49.4 Å². The highest BCUT2D eigenvalue weighted by atomic mass is 79.9. The van der Waals surface area contributed by atoms with Gasteiger partial charge in [0.2, 0.25) is 30.1 Å². The quantitative estimate of drug-likeness (QED) is 0.0670. The van der Waals surface area contributed by atoms with E-state index in [-0.39, 0.29) is 5.92 Å². The van der Waals surface area contributed by atoms with E-state index in [4.69, 9.17) is 65.7 Å². The summed E-state index contributed by atoms with van der Waals surface area (Å²) in [7, 11) is -4.98. The molecule has 7 aromatic carbocycles. The number of ether oxygens (including phenoxy) is 3. The van der Waals surface area contributed by atoms with Gasteiger partial charge in [-0.3, -0.25) is 19.0 Å². The normalized spacial score (nSPS) is 20.7. The summed E-state index contributed by atoms with van der Waals surface area (Å²) in [6.45, 7) is 0. The predicted octanol–water partition coefficient (Wildman–Crippen LogP) is 17.5. The van der Waals surface area contributed by atoms with Crippen LogP contribution in [0.5, 0.6) is 17.2 Å². The zero-order valence-electron chi connectivity index (χ0n) is 49.2. The van der Waals surface area contributed by atoms with Gasteiger partial charge in [-0.25, -0.2) is 25.3 Å². The van der Waals surface area contributed by atoms with Crippen LogP contribution in [0.15, 0.2) is 156 Å². The maximum Gasteiger partial charge on any atom is 0.306 e. The molecule has 4 aliphatic carbocycles. The molecule has 4 aliphatic rings. The second-order valence-electron chi connectivity index (χ2n) is 22.3. The van der Waals surface area contributed by atoms with E-state index in [1.54, 1.807) is 51.7 Å². The van der Waals surface area contributed by atoms with E-state index in [2.05, 4.69) is 82.4 Å². The molecule has 4 N–H and O–H groups in total. The number of rotatable bonds is 16. The van der Waals surface area contributed by atoms with Crippen molar-refractivity contribution in [2.24, 2.45) is 5.92 Å². The third-order valence-electron chi connectivity index (χ3n) is 15.6. The summed E-state index contributed by atoms with van der Waals surface area (Å²) in [6.07, 6.45) is 11.5. The van der Waals surface area contributed by atoms with E-state index in [0.717, 1.165) is 111 Å². The second-order valence-corrected chi connectivity index (χ2v) is 31.4. The number of carboxylic acids is 1. The molecule has 0 radical (unpaired) electrons. The fraction of sp³-hybridized carbons (Fsp3) is 0.338. The molecule has 23 heteroatoms. The van der Waals surface area contributed by atoms with Crippen molar-refractivity contribution in [1.82, 2.24) is 0 Å². The summed E-state index contributed by atoms with van der Waals surface area (Å²) in [5.74, 6) is 4.34. The number of alkyl halides is 1. The van der Waals surface area contributed by atoms with Crippen molar-refractivity contribution in [2.45, 2.75) is 91.7 Å². The summed E-state index contributed by atoms with van der Waals surface area (Å²) in [4.78, 5) is 11.3. The molecule has 0 spiro atoms. The number of carboxylic acid groups (broad SMARTS) is 1. The largest absolute Gasteiger partial charge is 0.496 e. The van der Waals surface area contributed by atoms with Crippen LogP contribution in [-0.4, -0.2) is 81.3 Å². The molecule has 4 fully saturated rings. The van der Waals surface area contributed by atoms with Crippen LogP contribution in [0.2, 0.25) is 20.1 Å². The van der Waals surface area contributed by atoms with Gasteiger partial charge in [-0.1, -0.05) is 111 Å². The number of nitrogens with one attached hydrogen (secondary N) is 3. The molecule has 11 rings (SSSR count). The number of benzene rings is 7. The second kappa shape index (κ2) is 31.7. The summed E-state index contributed by atoms with van der Waals surface area (Å²) in [6, 6.07) is 47.6. The number of methoxy groups -OCH3 is 3. The lowest BCUT2D eigenvalue weighted by atomic mass is 9.68. The Morgan fingerprint density at radius 2 is 0.693 bits per heavy atom. The Kier molecular flexibility index (Phi) is 25.3. The van der Waals surface area contributed by atoms with Crippen LogP contribution in [0.25, 0.3) is 0 Å². The van der Waals surface area contributed by atoms with Gasteiger partial charge in [0, 0.05) is 42.0 Å². The monoisotopic (exact) mass is 1460 g/mol. The first-order valence-corrected chi connectivity index (χ1v) is 37.0. The van der Waals surface area contributed by atoms with Crippen molar-refractivity contribution in [3.05, 3.63) is 210 Å². The molecule has 0 bridgehead atoms. The minimum atomic E-state index is -3.29. The smallest absolute Gasteiger partial charge is 0.306 e. The average molecular weight is 1470 g/mol. The van der Waals surface area contributed by atoms with E-state index in [1.165, 1.54) is 35.1 Å². The fourth-order valence-electron chi connectivity index (χ4n) is 10.7. The number of anilines is 3. The van der Waals surface area contributed by atoms with Gasteiger partial charge in [0.15, 0.2) is 0 Å². The van der Waals surface area contributed by atoms with Gasteiger partial charge in [-0.05, 0) is 239 Å². The summed E-state index contributed by atoms with van der Waals surface area (Å²) in [5.41, 5.74) is 8.96. The Morgan fingerprint density at radius 3 is 0.955 bits per heavy atom. The van der Waals surface area contributed by atoms with Gasteiger partial charge in [0.05, 0.1) is 50.5 Å². The standard InChI is InChI=1S/2C18H20ClNO3S.C11H11ClO2.C10H10BrCl.C8H10BrNO3S/c2*1-23-18-8-7-16(20-24(2,21)22)11-17(18)14-9-13(10-14)12-3-5-15(19)6-4-12;12-10-3-1-7(2-4-10)8-5-9(6-8)11(13)14;11-9-5-8(6-9)7-1-3-10(12)4-2-7;1-13-8-4-3-6(5-7(8)9)10-14(2,11)12/h2*3-8,11,13-14,20H,9-10H2,1-2H3;1-4,8-9H,5-6H2,(H,13,14);1-4,8-9H,5-6H2;3-5,10H,1-2H3. The van der Waals surface area contributed by atoms with Crippen LogP contribution < -0.4 is 28.4 Å². The Morgan fingerprint density at radius 1 is 0.420 bits per heavy atom. The molecule has 0 saturated heterocycles. The van der Waals surface area contributed by atoms with Crippen LogP contribution in [0, 0.1) is 5.92 Å². The molecule has 0 aliphatic heterocycles. The zero-order valence-corrected chi connectivity index (χ0v) is 57.9. The first-order chi connectivity index (χ1) is 41.5. The first-order valence-electron chi connectivity index (χ1n) is 28.1. The van der Waals surface area contributed by atoms with Gasteiger partial charge in [0.1, 0.15) is 17.2 Å². The molecule has 0 amide bonds. The van der Waals surface area contributed by atoms with Gasteiger partial charge in [-0.2, -0.15) is 0 Å². The number of carbonyl (C=O) groups is 1. The van der Waals surface area contributed by atoms with Crippen molar-refractivity contribution in [3.8, 4) is 17.2 Å². The van der Waals surface area contributed by atoms with Crippen molar-refractivity contribution in [2.75, 3.05) is 54.3 Å². The predicted molar refractivity (Wildman–Crippen MR) is 365 cm³/mol. The van der Waals surface area contributed by atoms with E-state index >= 15 is 0 Å². The molecule has 0 atom stereocenters. The Balaban J connectivity index is 0.000000162. The number of hydrogen-bond donors (Lipinski definition) is 4. The summed E-state index contributed by atoms with van der Waals surface area (Å²) < 4.78 is 91.6. The van der Waals surface area contributed by atoms with Crippen molar-refractivity contribution in [1.29, 1.82) is 0 Å². The average Bonchev–Trinajstić information content (AvgIpc) is 0.909. The van der Waals surface area contributed by atoms with E-state index in [0.29, 0.717) is 56.9 Å². The van der Waals surface area contributed by atoms with Gasteiger partial charge >= 0.3 is 5.97 Å². The van der Waals surface area contributed by atoms with E-state index < -0.39 is 36.0 Å². The van der Waals surface area contributed by atoms with Crippen LogP contribution >= 0.6 is 78.3 Å². The third kappa shape index (κ3) is 21.5. The molecule has 0 heterocycles. The van der Waals surface area contributed by atoms with Crippen molar-refractivity contribution in [3.63, 3.8) is 0 Å². The number of halogens is 6. The highest BCUT2D eigenvalue weighted by Gasteiger charge is 2.36. The van der Waals surface area contributed by atoms with Crippen LogP contribution in [-0.2, 0) is 34.9 Å². The topological polar surface area (TPSA) is 203 Å². The fourth-order valence-corrected chi connectivity index (χ4v) is 14.4. The highest BCUT2D eigenvalue weighted by Crippen LogP contribution is 2.52. The molecule has 472 valence electrons. The molecule has 4 saturated carbocycles. The van der Waals surface area contributed by atoms with Crippen LogP contribution in [0.3, 0.4) is 0 Å². The zero-order chi connectivity index (χ0) is 64.1. The Hall–Kier alpha value is -5.22. The van der Waals surface area contributed by atoms with E-state index in [9.17, 15) is 30.0 Å². The Labute approximate surface area is 554 Å². The molecule has 14 nitrogen and oxygen atoms in total. The van der Waals surface area contributed by atoms with Crippen LogP contribution in [0.4, 0.5) is 17.1 Å². The molecular formula is C65H71Br2Cl4N3O11S3. The lowest BCUT2D eigenvalue weighted by molar-refractivity contribution is -0.145.